The van der Waals surface area contributed by atoms with E-state index in [4.69, 9.17) is 38.3 Å². The fraction of sp³-hybridized carbons (Fsp3) is 0.500. The van der Waals surface area contributed by atoms with Crippen LogP contribution in [0.2, 0.25) is 0 Å². The van der Waals surface area contributed by atoms with Crippen LogP contribution in [0, 0.1) is 0 Å². The molecule has 11 unspecified atom stereocenters. The SMILES string of the molecule is COc1cc(C2[OH+]c3cc(O)cc(OC4OC(COC(=O)CC(=O)O)C(O)C(O)C4OS(=O)(=O)O)c3C=C2OC2OC(CO)C(O)C(O)C2O)cc(OC)c1O. The molecule has 56 heavy (non-hydrogen) atoms. The van der Waals surface area contributed by atoms with E-state index in [1.165, 1.54) is 32.4 Å². The van der Waals surface area contributed by atoms with E-state index >= 15 is 0 Å². The number of benzene rings is 2. The molecule has 0 bridgehead atoms. The lowest BCUT2D eigenvalue weighted by Gasteiger charge is -2.41. The highest BCUT2D eigenvalue weighted by molar-refractivity contribution is 7.80. The minimum Gasteiger partial charge on any atom is -0.571 e. The van der Waals surface area contributed by atoms with Crippen molar-refractivity contribution < 1.29 is 111 Å². The molecule has 3 aliphatic rings. The van der Waals surface area contributed by atoms with Crippen LogP contribution in [0.25, 0.3) is 6.08 Å². The lowest BCUT2D eigenvalue weighted by molar-refractivity contribution is -0.295. The fourth-order valence-electron chi connectivity index (χ4n) is 5.93. The molecule has 0 amide bonds. The van der Waals surface area contributed by atoms with Crippen molar-refractivity contribution >= 4 is 28.4 Å². The second-order valence-corrected chi connectivity index (χ2v) is 13.5. The molecule has 2 aromatic rings. The molecule has 0 spiro atoms. The number of carboxylic acids is 1. The molecular formula is C32H39O23S+. The van der Waals surface area contributed by atoms with Gasteiger partial charge in [-0.25, -0.2) is 4.18 Å². The summed E-state index contributed by atoms with van der Waals surface area (Å²) in [6.07, 6.45) is -20.3. The topological polar surface area (TPSA) is 357 Å². The summed E-state index contributed by atoms with van der Waals surface area (Å²) in [5.74, 6) is -4.66. The van der Waals surface area contributed by atoms with Crippen LogP contribution < -0.4 is 14.2 Å². The van der Waals surface area contributed by atoms with Gasteiger partial charge in [-0.3, -0.25) is 14.1 Å². The first-order chi connectivity index (χ1) is 26.3. The van der Waals surface area contributed by atoms with Gasteiger partial charge >= 0.3 is 22.3 Å². The number of aromatic hydroxyl groups is 3. The molecule has 310 valence electrons. The Hall–Kier alpha value is -4.73. The molecule has 0 aliphatic carbocycles. The van der Waals surface area contributed by atoms with Gasteiger partial charge in [0.15, 0.2) is 23.4 Å². The Morgan fingerprint density at radius 3 is 2.04 bits per heavy atom. The van der Waals surface area contributed by atoms with Crippen molar-refractivity contribution in [1.82, 2.24) is 0 Å². The Morgan fingerprint density at radius 2 is 1.45 bits per heavy atom. The van der Waals surface area contributed by atoms with Crippen LogP contribution in [0.1, 0.15) is 23.7 Å². The van der Waals surface area contributed by atoms with Gasteiger partial charge in [-0.2, -0.15) is 8.42 Å². The third kappa shape index (κ3) is 9.27. The number of carbonyl (C=O) groups excluding carboxylic acids is 1. The largest absolute Gasteiger partial charge is 0.571 e. The van der Waals surface area contributed by atoms with Gasteiger partial charge in [0, 0.05) is 12.1 Å². The van der Waals surface area contributed by atoms with Crippen LogP contribution in [0.4, 0.5) is 0 Å². The van der Waals surface area contributed by atoms with Crippen LogP contribution >= 0.6 is 0 Å². The number of fused-ring (bicyclic) bond motifs is 1. The Balaban J connectivity index is 1.58. The van der Waals surface area contributed by atoms with Gasteiger partial charge in [-0.15, -0.1) is 0 Å². The molecule has 5 rings (SSSR count). The number of ether oxygens (including phenoxy) is 8. The lowest BCUT2D eigenvalue weighted by Crippen LogP contribution is -2.61. The molecule has 23 nitrogen and oxygen atoms in total. The Kier molecular flexibility index (Phi) is 13.0. The first-order valence-corrected chi connectivity index (χ1v) is 17.6. The molecule has 2 aromatic carbocycles. The normalized spacial score (nSPS) is 30.2. The second kappa shape index (κ2) is 17.2. The van der Waals surface area contributed by atoms with Gasteiger partial charge in [0.25, 0.3) is 11.9 Å². The van der Waals surface area contributed by atoms with Crippen molar-refractivity contribution in [1.29, 1.82) is 0 Å². The minimum atomic E-state index is -5.40. The smallest absolute Gasteiger partial charge is 0.397 e. The summed E-state index contributed by atoms with van der Waals surface area (Å²) >= 11 is 0. The predicted molar refractivity (Wildman–Crippen MR) is 177 cm³/mol. The molecular weight excluding hydrogens is 784 g/mol. The summed E-state index contributed by atoms with van der Waals surface area (Å²) in [6, 6.07) is 4.77. The van der Waals surface area contributed by atoms with E-state index < -0.39 is 121 Å². The van der Waals surface area contributed by atoms with Gasteiger partial charge in [-0.05, 0) is 12.1 Å². The molecule has 11 N–H and O–H groups in total. The van der Waals surface area contributed by atoms with E-state index in [0.29, 0.717) is 0 Å². The van der Waals surface area contributed by atoms with E-state index in [-0.39, 0.29) is 39.9 Å². The van der Waals surface area contributed by atoms with Crippen LogP contribution in [0.15, 0.2) is 30.0 Å². The number of hydrogen-bond donors (Lipinski definition) is 10. The molecule has 3 heterocycles. The lowest BCUT2D eigenvalue weighted by atomic mass is 9.98. The molecule has 11 atom stereocenters. The average Bonchev–Trinajstić information content (AvgIpc) is 3.13. The number of phenols is 2. The minimum absolute atomic E-state index is 0.0834. The molecule has 24 heteroatoms. The maximum Gasteiger partial charge on any atom is 0.397 e. The Bertz CT molecular complexity index is 1870. The highest BCUT2D eigenvalue weighted by Gasteiger charge is 2.50. The number of phenolic OH excluding ortho intramolecular Hbond substituents is 2. The maximum atomic E-state index is 11.9. The van der Waals surface area contributed by atoms with Gasteiger partial charge in [-0.1, -0.05) is 0 Å². The van der Waals surface area contributed by atoms with Gasteiger partial charge in [0.1, 0.15) is 72.8 Å². The van der Waals surface area contributed by atoms with E-state index in [0.717, 1.165) is 12.1 Å². The summed E-state index contributed by atoms with van der Waals surface area (Å²) < 4.78 is 80.5. The van der Waals surface area contributed by atoms with Crippen molar-refractivity contribution in [3.05, 3.63) is 41.2 Å². The summed E-state index contributed by atoms with van der Waals surface area (Å²) in [5, 5.41) is 92.9. The number of aliphatic hydroxyl groups is 7. The highest BCUT2D eigenvalue weighted by atomic mass is 32.3. The van der Waals surface area contributed by atoms with Crippen molar-refractivity contribution in [2.75, 3.05) is 27.4 Å². The maximum absolute atomic E-state index is 11.9. The molecule has 0 saturated carbocycles. The predicted octanol–water partition coefficient (Wildman–Crippen LogP) is -2.70. The number of esters is 1. The zero-order valence-electron chi connectivity index (χ0n) is 29.1. The molecule has 0 radical (unpaired) electrons. The summed E-state index contributed by atoms with van der Waals surface area (Å²) in [5.41, 5.74) is 0.0917. The quantitative estimate of drug-likeness (QED) is 0.0401. The van der Waals surface area contributed by atoms with Crippen molar-refractivity contribution in [2.45, 2.75) is 73.9 Å². The third-order valence-corrected chi connectivity index (χ3v) is 9.14. The first kappa shape index (κ1) is 42.4. The number of aliphatic carboxylic acids is 1. The molecule has 3 aliphatic heterocycles. The zero-order valence-corrected chi connectivity index (χ0v) is 29.9. The van der Waals surface area contributed by atoms with Crippen LogP contribution in [0.5, 0.6) is 34.5 Å². The fourth-order valence-corrected chi connectivity index (χ4v) is 6.42. The van der Waals surface area contributed by atoms with Gasteiger partial charge < -0.3 is 83.9 Å². The third-order valence-electron chi connectivity index (χ3n) is 8.67. The highest BCUT2D eigenvalue weighted by Crippen LogP contribution is 2.49. The summed E-state index contributed by atoms with van der Waals surface area (Å²) in [6.45, 7) is -1.70. The number of rotatable bonds is 14. The van der Waals surface area contributed by atoms with E-state index in [1.54, 1.807) is 0 Å². The second-order valence-electron chi connectivity index (χ2n) is 12.4. The summed E-state index contributed by atoms with van der Waals surface area (Å²) in [7, 11) is -2.90. The van der Waals surface area contributed by atoms with E-state index in [9.17, 15) is 63.4 Å². The van der Waals surface area contributed by atoms with E-state index in [1.807, 2.05) is 0 Å². The first-order valence-electron chi connectivity index (χ1n) is 16.3. The molecule has 2 fully saturated rings. The van der Waals surface area contributed by atoms with Gasteiger partial charge in [0.05, 0.1) is 32.5 Å². The standard InChI is InChI=1S/C32H38O23S/c1-47-16-3-11(4-17(48-2)23(16)38)29-18(52-31-28(43)26(41)24(39)19(9-33)53-31)7-13-14(50-29)5-12(34)6-15(13)51-32-30(55-56(44,45)46)27(42)25(40)20(54-32)10-49-22(37)8-21(35)36/h3-7,19-20,24-34,38-43H,8-10H2,1-2H3,(H,35,36)(H,44,45,46)/p+1. The van der Waals surface area contributed by atoms with Crippen molar-refractivity contribution in [2.24, 2.45) is 0 Å². The number of carboxylic acid groups (broad SMARTS) is 1. The molecule has 0 aromatic heterocycles. The van der Waals surface area contributed by atoms with Gasteiger partial charge in [0.2, 0.25) is 18.3 Å². The number of hydrogen-bond acceptors (Lipinski definition) is 20. The number of aliphatic hydroxyl groups excluding tert-OH is 6. The van der Waals surface area contributed by atoms with Crippen LogP contribution in [-0.2, 0) is 43.1 Å². The number of carbonyl (C=O) groups is 2. The molecule has 2 saturated heterocycles. The van der Waals surface area contributed by atoms with Crippen LogP contribution in [0.3, 0.4) is 0 Å². The van der Waals surface area contributed by atoms with Crippen molar-refractivity contribution in [3.63, 3.8) is 0 Å². The zero-order chi connectivity index (χ0) is 41.2. The average molecular weight is 824 g/mol. The van der Waals surface area contributed by atoms with Crippen LogP contribution in [-0.4, -0.2) is 164 Å². The summed E-state index contributed by atoms with van der Waals surface area (Å²) in [4.78, 5) is 22.7. The Labute approximate surface area is 315 Å². The monoisotopic (exact) mass is 823 g/mol. The van der Waals surface area contributed by atoms with E-state index in [2.05, 4.69) is 8.92 Å². The number of methoxy groups -OCH3 is 2. The van der Waals surface area contributed by atoms with Crippen molar-refractivity contribution in [3.8, 4) is 34.5 Å². The Morgan fingerprint density at radius 1 is 0.821 bits per heavy atom.